The van der Waals surface area contributed by atoms with E-state index in [1.54, 1.807) is 6.92 Å². The van der Waals surface area contributed by atoms with Crippen LogP contribution in [0.2, 0.25) is 0 Å². The summed E-state index contributed by atoms with van der Waals surface area (Å²) in [6.07, 6.45) is -0.725. The van der Waals surface area contributed by atoms with Crippen LogP contribution in [0.1, 0.15) is 20.8 Å². The zero-order valence-electron chi connectivity index (χ0n) is 9.11. The molecule has 0 heterocycles. The van der Waals surface area contributed by atoms with Gasteiger partial charge in [-0.05, 0) is 6.92 Å². The van der Waals surface area contributed by atoms with Gasteiger partial charge in [0, 0.05) is 13.8 Å². The highest BCUT2D eigenvalue weighted by Gasteiger charge is 2.18. The van der Waals surface area contributed by atoms with Gasteiger partial charge in [0.15, 0.2) is 0 Å². The summed E-state index contributed by atoms with van der Waals surface area (Å²) in [6.45, 7) is 4.31. The van der Waals surface area contributed by atoms with Crippen molar-refractivity contribution in [3.8, 4) is 0 Å². The molecular formula is C9H15NO5. The topological polar surface area (TPSA) is 72.9 Å². The molecule has 0 atom stereocenters. The molecule has 0 aliphatic heterocycles. The predicted molar refractivity (Wildman–Crippen MR) is 51.0 cm³/mol. The third-order valence-electron chi connectivity index (χ3n) is 1.49. The van der Waals surface area contributed by atoms with Gasteiger partial charge in [-0.2, -0.15) is 0 Å². The molecule has 0 aromatic rings. The second-order valence-corrected chi connectivity index (χ2v) is 2.71. The zero-order chi connectivity index (χ0) is 11.8. The summed E-state index contributed by atoms with van der Waals surface area (Å²) in [5.41, 5.74) is 0. The minimum atomic E-state index is -0.725. The van der Waals surface area contributed by atoms with E-state index in [0.717, 1.165) is 4.90 Å². The van der Waals surface area contributed by atoms with Gasteiger partial charge in [-0.3, -0.25) is 9.59 Å². The van der Waals surface area contributed by atoms with Gasteiger partial charge in [-0.1, -0.05) is 0 Å². The molecule has 0 saturated heterocycles. The minimum Gasteiger partial charge on any atom is -0.464 e. The molecule has 0 spiro atoms. The van der Waals surface area contributed by atoms with Crippen LogP contribution in [0, 0.1) is 0 Å². The highest BCUT2D eigenvalue weighted by molar-refractivity contribution is 5.90. The molecule has 0 unspecified atom stereocenters. The summed E-state index contributed by atoms with van der Waals surface area (Å²) in [6, 6.07) is 0. The quantitative estimate of drug-likeness (QED) is 0.643. The molecule has 0 aliphatic rings. The van der Waals surface area contributed by atoms with Gasteiger partial charge in [0.2, 0.25) is 5.91 Å². The van der Waals surface area contributed by atoms with E-state index in [-0.39, 0.29) is 19.8 Å². The van der Waals surface area contributed by atoms with Crippen LogP contribution >= 0.6 is 0 Å². The van der Waals surface area contributed by atoms with Gasteiger partial charge in [-0.25, -0.2) is 9.69 Å². The first kappa shape index (κ1) is 13.4. The second kappa shape index (κ2) is 6.80. The van der Waals surface area contributed by atoms with Crippen molar-refractivity contribution < 1.29 is 23.9 Å². The lowest BCUT2D eigenvalue weighted by Crippen LogP contribution is -2.38. The van der Waals surface area contributed by atoms with Crippen molar-refractivity contribution >= 4 is 18.0 Å². The maximum absolute atomic E-state index is 11.2. The average Bonchev–Trinajstić information content (AvgIpc) is 2.11. The molecule has 86 valence electrons. The van der Waals surface area contributed by atoms with Gasteiger partial charge >= 0.3 is 12.1 Å². The largest absolute Gasteiger partial charge is 0.464 e. The lowest BCUT2D eigenvalue weighted by Gasteiger charge is -2.17. The maximum Gasteiger partial charge on any atom is 0.416 e. The van der Waals surface area contributed by atoms with Crippen molar-refractivity contribution in [1.82, 2.24) is 4.90 Å². The Balaban J connectivity index is 4.10. The normalized spacial score (nSPS) is 9.27. The number of hydrogen-bond acceptors (Lipinski definition) is 5. The molecule has 0 aromatic carbocycles. The van der Waals surface area contributed by atoms with E-state index in [4.69, 9.17) is 0 Å². The molecule has 0 rings (SSSR count). The number of rotatable bonds is 4. The van der Waals surface area contributed by atoms with E-state index in [1.165, 1.54) is 13.8 Å². The number of amides is 2. The summed E-state index contributed by atoms with van der Waals surface area (Å²) < 4.78 is 9.26. The fourth-order valence-corrected chi connectivity index (χ4v) is 0.859. The Morgan fingerprint density at radius 3 is 2.13 bits per heavy atom. The van der Waals surface area contributed by atoms with E-state index in [1.807, 2.05) is 0 Å². The molecular weight excluding hydrogens is 202 g/mol. The molecule has 0 fully saturated rings. The molecule has 0 bridgehead atoms. The first-order chi connectivity index (χ1) is 6.99. The highest BCUT2D eigenvalue weighted by Crippen LogP contribution is 1.95. The van der Waals surface area contributed by atoms with E-state index in [9.17, 15) is 14.4 Å². The number of ether oxygens (including phenoxy) is 2. The van der Waals surface area contributed by atoms with Crippen molar-refractivity contribution in [3.05, 3.63) is 0 Å². The lowest BCUT2D eigenvalue weighted by atomic mass is 10.5. The van der Waals surface area contributed by atoms with Gasteiger partial charge < -0.3 is 9.47 Å². The number of esters is 1. The van der Waals surface area contributed by atoms with Gasteiger partial charge in [0.05, 0.1) is 13.2 Å². The molecule has 0 saturated carbocycles. The summed E-state index contributed by atoms with van der Waals surface area (Å²) in [5.74, 6) is -0.900. The number of carbonyl (C=O) groups is 3. The van der Waals surface area contributed by atoms with Crippen LogP contribution < -0.4 is 0 Å². The fraction of sp³-hybridized carbons (Fsp3) is 0.667. The van der Waals surface area contributed by atoms with Crippen molar-refractivity contribution in [2.45, 2.75) is 20.8 Å². The zero-order valence-corrected chi connectivity index (χ0v) is 9.11. The maximum atomic E-state index is 11.2. The number of imide groups is 1. The molecule has 6 nitrogen and oxygen atoms in total. The Labute approximate surface area is 88.1 Å². The third kappa shape index (κ3) is 5.66. The van der Waals surface area contributed by atoms with Crippen LogP contribution in [0.3, 0.4) is 0 Å². The molecule has 0 radical (unpaired) electrons. The first-order valence-electron chi connectivity index (χ1n) is 4.57. The standard InChI is InChI=1S/C9H15NO5/c1-4-14-9(13)10(7(2)11)5-6-15-8(3)12/h4-6H2,1-3H3. The Kier molecular flexibility index (Phi) is 6.08. The van der Waals surface area contributed by atoms with Crippen LogP contribution in [-0.2, 0) is 19.1 Å². The minimum absolute atomic E-state index is 0.00769. The van der Waals surface area contributed by atoms with Crippen LogP contribution in [0.15, 0.2) is 0 Å². The smallest absolute Gasteiger partial charge is 0.416 e. The monoisotopic (exact) mass is 217 g/mol. The Bertz CT molecular complexity index is 251. The number of carbonyl (C=O) groups excluding carboxylic acids is 3. The Morgan fingerprint density at radius 1 is 1.13 bits per heavy atom. The van der Waals surface area contributed by atoms with Gasteiger partial charge in [0.25, 0.3) is 0 Å². The first-order valence-corrected chi connectivity index (χ1v) is 4.57. The van der Waals surface area contributed by atoms with E-state index in [2.05, 4.69) is 9.47 Å². The summed E-state index contributed by atoms with van der Waals surface area (Å²) in [4.78, 5) is 33.6. The molecule has 2 amide bonds. The lowest BCUT2D eigenvalue weighted by molar-refractivity contribution is -0.142. The van der Waals surface area contributed by atoms with Gasteiger partial charge in [-0.15, -0.1) is 0 Å². The van der Waals surface area contributed by atoms with E-state index >= 15 is 0 Å². The molecule has 0 aromatic heterocycles. The van der Waals surface area contributed by atoms with Crippen LogP contribution in [0.5, 0.6) is 0 Å². The highest BCUT2D eigenvalue weighted by atomic mass is 16.6. The summed E-state index contributed by atoms with van der Waals surface area (Å²) >= 11 is 0. The van der Waals surface area contributed by atoms with Gasteiger partial charge in [0.1, 0.15) is 6.61 Å². The van der Waals surface area contributed by atoms with E-state index < -0.39 is 18.0 Å². The number of nitrogens with zero attached hydrogens (tertiary/aromatic N) is 1. The van der Waals surface area contributed by atoms with Crippen molar-refractivity contribution in [2.75, 3.05) is 19.8 Å². The molecule has 15 heavy (non-hydrogen) atoms. The van der Waals surface area contributed by atoms with Crippen LogP contribution in [-0.4, -0.2) is 42.6 Å². The third-order valence-corrected chi connectivity index (χ3v) is 1.49. The Hall–Kier alpha value is -1.59. The van der Waals surface area contributed by atoms with Crippen molar-refractivity contribution in [3.63, 3.8) is 0 Å². The number of hydrogen-bond donors (Lipinski definition) is 0. The average molecular weight is 217 g/mol. The van der Waals surface area contributed by atoms with Crippen molar-refractivity contribution in [2.24, 2.45) is 0 Å². The predicted octanol–water partition coefficient (Wildman–Crippen LogP) is 0.554. The summed E-state index contributed by atoms with van der Waals surface area (Å²) in [5, 5.41) is 0. The fourth-order valence-electron chi connectivity index (χ4n) is 0.859. The SMILES string of the molecule is CCOC(=O)N(CCOC(C)=O)C(C)=O. The molecule has 0 aliphatic carbocycles. The van der Waals surface area contributed by atoms with Crippen LogP contribution in [0.25, 0.3) is 0 Å². The van der Waals surface area contributed by atoms with Crippen LogP contribution in [0.4, 0.5) is 4.79 Å². The molecule has 0 N–H and O–H groups in total. The van der Waals surface area contributed by atoms with E-state index in [0.29, 0.717) is 0 Å². The second-order valence-electron chi connectivity index (χ2n) is 2.71. The Morgan fingerprint density at radius 2 is 1.73 bits per heavy atom. The summed E-state index contributed by atoms with van der Waals surface area (Å²) in [7, 11) is 0. The molecule has 6 heteroatoms. The van der Waals surface area contributed by atoms with Crippen molar-refractivity contribution in [1.29, 1.82) is 0 Å².